The van der Waals surface area contributed by atoms with Gasteiger partial charge in [-0.25, -0.2) is 13.3 Å². The summed E-state index contributed by atoms with van der Waals surface area (Å²) in [6.07, 6.45) is 2.29. The third kappa shape index (κ3) is 6.87. The SMILES string of the molecule is CCCCc1cc(C(=O)OC)cc(=O)n1Cc1ccc(-c2ccccc2)c(C(=O)N(c2ccc(C)cc2)S(=O)O)c1. The Balaban J connectivity index is 1.83. The molecule has 0 saturated heterocycles. The molecule has 1 atom stereocenters. The first-order valence-corrected chi connectivity index (χ1v) is 14.3. The van der Waals surface area contributed by atoms with Gasteiger partial charge in [0.25, 0.3) is 22.7 Å². The number of pyridine rings is 1. The molecule has 1 heterocycles. The summed E-state index contributed by atoms with van der Waals surface area (Å²) in [6, 6.07) is 24.2. The monoisotopic (exact) mass is 572 g/mol. The molecule has 0 aliphatic rings. The number of hydrogen-bond acceptors (Lipinski definition) is 5. The van der Waals surface area contributed by atoms with Crippen molar-refractivity contribution in [2.24, 2.45) is 0 Å². The molecular formula is C32H32N2O6S. The van der Waals surface area contributed by atoms with Gasteiger partial charge in [0.1, 0.15) is 0 Å². The Kier molecular flexibility index (Phi) is 9.65. The van der Waals surface area contributed by atoms with Gasteiger partial charge in [-0.3, -0.25) is 14.1 Å². The minimum Gasteiger partial charge on any atom is -0.465 e. The van der Waals surface area contributed by atoms with Gasteiger partial charge in [0.2, 0.25) is 0 Å². The average molecular weight is 573 g/mol. The molecule has 8 nitrogen and oxygen atoms in total. The Labute approximate surface area is 241 Å². The highest BCUT2D eigenvalue weighted by Gasteiger charge is 2.26. The van der Waals surface area contributed by atoms with Crippen molar-refractivity contribution >= 4 is 28.8 Å². The lowest BCUT2D eigenvalue weighted by Gasteiger charge is -2.21. The number of benzene rings is 3. The second-order valence-corrected chi connectivity index (χ2v) is 10.5. The fraction of sp³-hybridized carbons (Fsp3) is 0.219. The summed E-state index contributed by atoms with van der Waals surface area (Å²) in [6.45, 7) is 4.07. The number of hydrogen-bond donors (Lipinski definition) is 1. The van der Waals surface area contributed by atoms with Crippen molar-refractivity contribution in [1.82, 2.24) is 4.57 Å². The summed E-state index contributed by atoms with van der Waals surface area (Å²) in [5.74, 6) is -1.24. The molecular weight excluding hydrogens is 540 g/mol. The van der Waals surface area contributed by atoms with E-state index in [2.05, 4.69) is 0 Å². The first-order valence-electron chi connectivity index (χ1n) is 13.3. The zero-order chi connectivity index (χ0) is 29.5. The lowest BCUT2D eigenvalue weighted by molar-refractivity contribution is 0.0600. The molecule has 4 aromatic rings. The number of carbonyl (C=O) groups is 2. The summed E-state index contributed by atoms with van der Waals surface area (Å²) in [5, 5.41) is 0. The predicted molar refractivity (Wildman–Crippen MR) is 160 cm³/mol. The van der Waals surface area contributed by atoms with Gasteiger partial charge in [0.05, 0.1) is 24.9 Å². The van der Waals surface area contributed by atoms with Crippen molar-refractivity contribution < 1.29 is 23.1 Å². The Morgan fingerprint density at radius 2 is 1.68 bits per heavy atom. The molecule has 1 amide bonds. The molecule has 1 unspecified atom stereocenters. The van der Waals surface area contributed by atoms with Crippen LogP contribution in [-0.4, -0.2) is 32.3 Å². The fourth-order valence-electron chi connectivity index (χ4n) is 4.62. The summed E-state index contributed by atoms with van der Waals surface area (Å²) in [5.41, 5.74) is 3.93. The number of ether oxygens (including phenoxy) is 1. The van der Waals surface area contributed by atoms with Gasteiger partial charge >= 0.3 is 5.97 Å². The Morgan fingerprint density at radius 1 is 0.976 bits per heavy atom. The predicted octanol–water partition coefficient (Wildman–Crippen LogP) is 5.78. The minimum absolute atomic E-state index is 0.140. The summed E-state index contributed by atoms with van der Waals surface area (Å²) in [7, 11) is 1.27. The number of methoxy groups -OCH3 is 1. The van der Waals surface area contributed by atoms with Gasteiger partial charge in [-0.05, 0) is 60.7 Å². The van der Waals surface area contributed by atoms with Gasteiger partial charge in [-0.1, -0.05) is 73.5 Å². The van der Waals surface area contributed by atoms with E-state index >= 15 is 0 Å². The maximum Gasteiger partial charge on any atom is 0.338 e. The molecule has 1 N–H and O–H groups in total. The average Bonchev–Trinajstić information content (AvgIpc) is 2.98. The summed E-state index contributed by atoms with van der Waals surface area (Å²) in [4.78, 5) is 39.3. The zero-order valence-corrected chi connectivity index (χ0v) is 24.0. The van der Waals surface area contributed by atoms with E-state index in [1.807, 2.05) is 50.2 Å². The second-order valence-electron chi connectivity index (χ2n) is 9.67. The molecule has 0 saturated carbocycles. The molecule has 4 rings (SSSR count). The number of amides is 1. The quantitative estimate of drug-likeness (QED) is 0.191. The van der Waals surface area contributed by atoms with Crippen LogP contribution in [0.15, 0.2) is 89.7 Å². The molecule has 0 fully saturated rings. The summed E-state index contributed by atoms with van der Waals surface area (Å²) >= 11 is -2.64. The molecule has 0 radical (unpaired) electrons. The maximum absolute atomic E-state index is 14.0. The van der Waals surface area contributed by atoms with Crippen LogP contribution in [0.25, 0.3) is 11.1 Å². The standard InChI is InChI=1S/C32H32N2O6S/c1-4-5-11-27-19-25(32(37)40-3)20-30(35)33(27)21-23-14-17-28(24-9-7-6-8-10-24)29(18-23)31(36)34(41(38)39)26-15-12-22(2)13-16-26/h6-10,12-20H,4-5,11,21H2,1-3H3,(H,38,39). The highest BCUT2D eigenvalue weighted by Crippen LogP contribution is 2.29. The van der Waals surface area contributed by atoms with E-state index in [1.165, 1.54) is 13.2 Å². The van der Waals surface area contributed by atoms with Gasteiger partial charge in [-0.2, -0.15) is 0 Å². The normalized spacial score (nSPS) is 11.6. The maximum atomic E-state index is 14.0. The summed E-state index contributed by atoms with van der Waals surface area (Å²) < 4.78 is 29.9. The van der Waals surface area contributed by atoms with E-state index < -0.39 is 23.1 Å². The zero-order valence-electron chi connectivity index (χ0n) is 23.2. The number of carbonyl (C=O) groups excluding carboxylic acids is 2. The highest BCUT2D eigenvalue weighted by atomic mass is 32.2. The number of aryl methyl sites for hydroxylation is 2. The fourth-order valence-corrected chi connectivity index (χ4v) is 5.16. The number of unbranched alkanes of at least 4 members (excludes halogenated alkanes) is 1. The first kappa shape index (κ1) is 29.6. The Bertz CT molecular complexity index is 1630. The van der Waals surface area contributed by atoms with Crippen LogP contribution in [0.2, 0.25) is 0 Å². The van der Waals surface area contributed by atoms with Crippen LogP contribution in [0, 0.1) is 6.92 Å². The molecule has 3 aromatic carbocycles. The molecule has 0 aliphatic carbocycles. The lowest BCUT2D eigenvalue weighted by Crippen LogP contribution is -2.33. The topological polar surface area (TPSA) is 106 Å². The van der Waals surface area contributed by atoms with E-state index in [1.54, 1.807) is 47.0 Å². The Morgan fingerprint density at radius 3 is 2.32 bits per heavy atom. The molecule has 9 heteroatoms. The van der Waals surface area contributed by atoms with Crippen molar-refractivity contribution in [2.75, 3.05) is 11.4 Å². The molecule has 212 valence electrons. The van der Waals surface area contributed by atoms with Crippen LogP contribution in [-0.2, 0) is 29.0 Å². The Hall–Kier alpha value is -4.34. The van der Waals surface area contributed by atoms with E-state index in [9.17, 15) is 23.1 Å². The third-order valence-electron chi connectivity index (χ3n) is 6.77. The van der Waals surface area contributed by atoms with Gasteiger partial charge in [-0.15, -0.1) is 0 Å². The van der Waals surface area contributed by atoms with Crippen LogP contribution in [0.3, 0.4) is 0 Å². The number of anilines is 1. The smallest absolute Gasteiger partial charge is 0.338 e. The largest absolute Gasteiger partial charge is 0.465 e. The van der Waals surface area contributed by atoms with E-state index in [0.717, 1.165) is 28.3 Å². The first-order chi connectivity index (χ1) is 19.7. The highest BCUT2D eigenvalue weighted by molar-refractivity contribution is 7.81. The number of esters is 1. The van der Waals surface area contributed by atoms with Crippen molar-refractivity contribution in [3.05, 3.63) is 123 Å². The van der Waals surface area contributed by atoms with E-state index in [0.29, 0.717) is 23.2 Å². The van der Waals surface area contributed by atoms with Crippen LogP contribution < -0.4 is 9.86 Å². The van der Waals surface area contributed by atoms with E-state index in [4.69, 9.17) is 4.74 Å². The molecule has 0 spiro atoms. The van der Waals surface area contributed by atoms with Crippen molar-refractivity contribution in [2.45, 2.75) is 39.7 Å². The third-order valence-corrected chi connectivity index (χ3v) is 7.46. The number of aromatic nitrogens is 1. The number of rotatable bonds is 10. The van der Waals surface area contributed by atoms with Gasteiger partial charge < -0.3 is 9.30 Å². The van der Waals surface area contributed by atoms with Crippen molar-refractivity contribution in [1.29, 1.82) is 0 Å². The van der Waals surface area contributed by atoms with Crippen LogP contribution in [0.5, 0.6) is 0 Å². The molecule has 0 bridgehead atoms. The molecule has 0 aliphatic heterocycles. The number of nitrogens with zero attached hydrogens (tertiary/aromatic N) is 2. The molecule has 41 heavy (non-hydrogen) atoms. The van der Waals surface area contributed by atoms with E-state index in [-0.39, 0.29) is 28.9 Å². The van der Waals surface area contributed by atoms with Gasteiger partial charge in [0, 0.05) is 17.3 Å². The molecule has 1 aromatic heterocycles. The van der Waals surface area contributed by atoms with Crippen LogP contribution in [0.4, 0.5) is 5.69 Å². The van der Waals surface area contributed by atoms with Gasteiger partial charge in [0.15, 0.2) is 0 Å². The van der Waals surface area contributed by atoms with Crippen LogP contribution >= 0.6 is 0 Å². The second kappa shape index (κ2) is 13.3. The lowest BCUT2D eigenvalue weighted by atomic mass is 9.96. The van der Waals surface area contributed by atoms with Crippen molar-refractivity contribution in [3.63, 3.8) is 0 Å². The van der Waals surface area contributed by atoms with Crippen molar-refractivity contribution in [3.8, 4) is 11.1 Å². The van der Waals surface area contributed by atoms with Crippen LogP contribution in [0.1, 0.15) is 57.3 Å². The minimum atomic E-state index is -2.64.